The van der Waals surface area contributed by atoms with Gasteiger partial charge in [0.05, 0.1) is 10.6 Å². The van der Waals surface area contributed by atoms with E-state index in [1.54, 1.807) is 24.3 Å². The SMILES string of the molecule is CCNC(=O)c1cccc(CNC(=O)c2cc(F)c(F)cc2Cl)c1. The Morgan fingerprint density at radius 3 is 2.46 bits per heavy atom. The molecular formula is C17H15ClF2N2O2. The molecule has 2 aromatic rings. The minimum absolute atomic E-state index is 0.113. The van der Waals surface area contributed by atoms with Crippen LogP contribution in [-0.2, 0) is 6.54 Å². The molecule has 0 saturated carbocycles. The predicted molar refractivity (Wildman–Crippen MR) is 87.0 cm³/mol. The molecule has 0 atom stereocenters. The highest BCUT2D eigenvalue weighted by atomic mass is 35.5. The van der Waals surface area contributed by atoms with Gasteiger partial charge in [-0.15, -0.1) is 0 Å². The maximum atomic E-state index is 13.2. The summed E-state index contributed by atoms with van der Waals surface area (Å²) in [6.45, 7) is 2.43. The molecule has 0 aliphatic rings. The van der Waals surface area contributed by atoms with E-state index >= 15 is 0 Å². The van der Waals surface area contributed by atoms with Crippen molar-refractivity contribution in [3.63, 3.8) is 0 Å². The molecule has 126 valence electrons. The highest BCUT2D eigenvalue weighted by Gasteiger charge is 2.15. The van der Waals surface area contributed by atoms with Crippen molar-refractivity contribution in [3.8, 4) is 0 Å². The van der Waals surface area contributed by atoms with E-state index in [1.807, 2.05) is 6.92 Å². The van der Waals surface area contributed by atoms with E-state index in [0.717, 1.165) is 12.1 Å². The second-order valence-corrected chi connectivity index (χ2v) is 5.40. The van der Waals surface area contributed by atoms with E-state index in [4.69, 9.17) is 11.6 Å². The van der Waals surface area contributed by atoms with Crippen LogP contribution in [0.15, 0.2) is 36.4 Å². The fourth-order valence-electron chi connectivity index (χ4n) is 2.06. The van der Waals surface area contributed by atoms with Crippen molar-refractivity contribution in [3.05, 3.63) is 69.7 Å². The molecule has 0 radical (unpaired) electrons. The van der Waals surface area contributed by atoms with Crippen molar-refractivity contribution in [2.75, 3.05) is 6.54 Å². The van der Waals surface area contributed by atoms with Crippen molar-refractivity contribution >= 4 is 23.4 Å². The van der Waals surface area contributed by atoms with Gasteiger partial charge >= 0.3 is 0 Å². The lowest BCUT2D eigenvalue weighted by Crippen LogP contribution is -2.25. The van der Waals surface area contributed by atoms with Crippen LogP contribution in [0.1, 0.15) is 33.2 Å². The number of halogens is 3. The number of benzene rings is 2. The third-order valence-electron chi connectivity index (χ3n) is 3.23. The summed E-state index contributed by atoms with van der Waals surface area (Å²) in [5.74, 6) is -3.12. The summed E-state index contributed by atoms with van der Waals surface area (Å²) in [5.41, 5.74) is 0.996. The van der Waals surface area contributed by atoms with E-state index in [9.17, 15) is 18.4 Å². The topological polar surface area (TPSA) is 58.2 Å². The first-order valence-electron chi connectivity index (χ1n) is 7.22. The van der Waals surface area contributed by atoms with E-state index in [2.05, 4.69) is 10.6 Å². The van der Waals surface area contributed by atoms with Gasteiger partial charge in [0.1, 0.15) is 0 Å². The standard InChI is InChI=1S/C17H15ClF2N2O2/c1-2-21-16(23)11-5-3-4-10(6-11)9-22-17(24)12-7-14(19)15(20)8-13(12)18/h3-8H,2,9H2,1H3,(H,21,23)(H,22,24). The van der Waals surface area contributed by atoms with Gasteiger partial charge in [-0.25, -0.2) is 8.78 Å². The van der Waals surface area contributed by atoms with E-state index in [-0.39, 0.29) is 23.0 Å². The summed E-state index contributed by atoms with van der Waals surface area (Å²) >= 11 is 5.76. The van der Waals surface area contributed by atoms with Crippen LogP contribution >= 0.6 is 11.6 Å². The molecule has 0 bridgehead atoms. The smallest absolute Gasteiger partial charge is 0.253 e. The number of nitrogens with one attached hydrogen (secondary N) is 2. The Hall–Kier alpha value is -2.47. The summed E-state index contributed by atoms with van der Waals surface area (Å²) in [6, 6.07) is 8.22. The Labute approximate surface area is 142 Å². The van der Waals surface area contributed by atoms with Gasteiger partial charge in [-0.2, -0.15) is 0 Å². The third-order valence-corrected chi connectivity index (χ3v) is 3.55. The summed E-state index contributed by atoms with van der Waals surface area (Å²) in [5, 5.41) is 5.06. The van der Waals surface area contributed by atoms with Crippen molar-refractivity contribution in [1.29, 1.82) is 0 Å². The van der Waals surface area contributed by atoms with Crippen LogP contribution in [0.25, 0.3) is 0 Å². The van der Waals surface area contributed by atoms with Crippen LogP contribution in [0, 0.1) is 11.6 Å². The number of carbonyl (C=O) groups excluding carboxylic acids is 2. The average Bonchev–Trinajstić information content (AvgIpc) is 2.56. The molecule has 4 nitrogen and oxygen atoms in total. The van der Waals surface area contributed by atoms with Gasteiger partial charge in [0, 0.05) is 18.7 Å². The monoisotopic (exact) mass is 352 g/mol. The van der Waals surface area contributed by atoms with Crippen molar-refractivity contribution in [2.45, 2.75) is 13.5 Å². The minimum atomic E-state index is -1.15. The zero-order chi connectivity index (χ0) is 17.7. The summed E-state index contributed by atoms with van der Waals surface area (Å²) in [4.78, 5) is 23.8. The summed E-state index contributed by atoms with van der Waals surface area (Å²) in [7, 11) is 0. The molecule has 0 unspecified atom stereocenters. The number of hydrogen-bond donors (Lipinski definition) is 2. The largest absolute Gasteiger partial charge is 0.352 e. The predicted octanol–water partition coefficient (Wildman–Crippen LogP) is 3.30. The summed E-state index contributed by atoms with van der Waals surface area (Å²) in [6.07, 6.45) is 0. The molecule has 2 aromatic carbocycles. The van der Waals surface area contributed by atoms with Crippen molar-refractivity contribution in [1.82, 2.24) is 10.6 Å². The zero-order valence-corrected chi connectivity index (χ0v) is 13.6. The molecule has 0 spiro atoms. The minimum Gasteiger partial charge on any atom is -0.352 e. The molecule has 2 amide bonds. The Morgan fingerprint density at radius 2 is 1.75 bits per heavy atom. The first-order valence-corrected chi connectivity index (χ1v) is 7.60. The number of hydrogen-bond acceptors (Lipinski definition) is 2. The highest BCUT2D eigenvalue weighted by Crippen LogP contribution is 2.20. The van der Waals surface area contributed by atoms with Crippen molar-refractivity contribution < 1.29 is 18.4 Å². The number of amides is 2. The normalized spacial score (nSPS) is 10.3. The lowest BCUT2D eigenvalue weighted by molar-refractivity contribution is 0.0946. The number of rotatable bonds is 5. The molecule has 2 rings (SSSR count). The Morgan fingerprint density at radius 1 is 1.04 bits per heavy atom. The van der Waals surface area contributed by atoms with Gasteiger partial charge < -0.3 is 10.6 Å². The molecule has 0 aliphatic heterocycles. The maximum absolute atomic E-state index is 13.2. The third kappa shape index (κ3) is 4.29. The van der Waals surface area contributed by atoms with Gasteiger partial charge in [-0.3, -0.25) is 9.59 Å². The van der Waals surface area contributed by atoms with Crippen LogP contribution in [-0.4, -0.2) is 18.4 Å². The quantitative estimate of drug-likeness (QED) is 0.811. The fraction of sp³-hybridized carbons (Fsp3) is 0.176. The van der Waals surface area contributed by atoms with Crippen LogP contribution < -0.4 is 10.6 Å². The molecule has 7 heteroatoms. The van der Waals surface area contributed by atoms with Crippen LogP contribution in [0.3, 0.4) is 0 Å². The van der Waals surface area contributed by atoms with Gasteiger partial charge in [-0.05, 0) is 36.8 Å². The zero-order valence-electron chi connectivity index (χ0n) is 12.8. The Balaban J connectivity index is 2.08. The highest BCUT2D eigenvalue weighted by molar-refractivity contribution is 6.33. The van der Waals surface area contributed by atoms with E-state index in [1.165, 1.54) is 0 Å². The van der Waals surface area contributed by atoms with Crippen LogP contribution in [0.4, 0.5) is 8.78 Å². The fourth-order valence-corrected chi connectivity index (χ4v) is 2.30. The van der Waals surface area contributed by atoms with Gasteiger partial charge in [0.2, 0.25) is 0 Å². The summed E-state index contributed by atoms with van der Waals surface area (Å²) < 4.78 is 26.3. The van der Waals surface area contributed by atoms with E-state index in [0.29, 0.717) is 17.7 Å². The molecule has 24 heavy (non-hydrogen) atoms. The first kappa shape index (κ1) is 17.9. The van der Waals surface area contributed by atoms with E-state index < -0.39 is 17.5 Å². The second kappa shape index (κ2) is 7.88. The van der Waals surface area contributed by atoms with Gasteiger partial charge in [0.25, 0.3) is 11.8 Å². The van der Waals surface area contributed by atoms with Gasteiger partial charge in [0.15, 0.2) is 11.6 Å². The van der Waals surface area contributed by atoms with Crippen molar-refractivity contribution in [2.24, 2.45) is 0 Å². The van der Waals surface area contributed by atoms with Crippen LogP contribution in [0.2, 0.25) is 5.02 Å². The van der Waals surface area contributed by atoms with Crippen LogP contribution in [0.5, 0.6) is 0 Å². The lowest BCUT2D eigenvalue weighted by Gasteiger charge is -2.09. The maximum Gasteiger partial charge on any atom is 0.253 e. The molecule has 0 saturated heterocycles. The second-order valence-electron chi connectivity index (χ2n) is 4.99. The molecule has 0 fully saturated rings. The Bertz CT molecular complexity index is 781. The van der Waals surface area contributed by atoms with Gasteiger partial charge in [-0.1, -0.05) is 23.7 Å². The lowest BCUT2D eigenvalue weighted by atomic mass is 10.1. The molecule has 0 aromatic heterocycles. The first-order chi connectivity index (χ1) is 11.4. The molecule has 0 aliphatic carbocycles. The Kier molecular flexibility index (Phi) is 5.87. The molecule has 2 N–H and O–H groups in total. The average molecular weight is 353 g/mol. The number of carbonyl (C=O) groups is 2. The molecule has 0 heterocycles. The molecular weight excluding hydrogens is 338 g/mol.